The molecule has 1 N–H and O–H groups in total. The third kappa shape index (κ3) is 2.89. The first-order chi connectivity index (χ1) is 13.2. The molecule has 3 atom stereocenters. The Morgan fingerprint density at radius 1 is 1.07 bits per heavy atom. The molecule has 4 nitrogen and oxygen atoms in total. The largest absolute Gasteiger partial charge is 0.493 e. The first kappa shape index (κ1) is 16.4. The van der Waals surface area contributed by atoms with Gasteiger partial charge in [0, 0.05) is 16.8 Å². The van der Waals surface area contributed by atoms with Gasteiger partial charge in [-0.1, -0.05) is 24.3 Å². The molecule has 0 spiro atoms. The van der Waals surface area contributed by atoms with E-state index in [1.807, 2.05) is 48.5 Å². The number of hydrogen-bond acceptors (Lipinski definition) is 3. The number of carbonyl (C=O) groups excluding carboxylic acids is 1. The lowest BCUT2D eigenvalue weighted by atomic mass is 9.97. The van der Waals surface area contributed by atoms with E-state index in [0.717, 1.165) is 40.7 Å². The van der Waals surface area contributed by atoms with Gasteiger partial charge < -0.3 is 14.8 Å². The number of carbonyl (C=O) groups is 1. The third-order valence-electron chi connectivity index (χ3n) is 6.16. The molecule has 3 aliphatic rings. The molecule has 0 radical (unpaired) electrons. The topological polar surface area (TPSA) is 47.6 Å². The molecule has 2 bridgehead atoms. The molecule has 1 heterocycles. The van der Waals surface area contributed by atoms with Crippen molar-refractivity contribution in [3.05, 3.63) is 53.6 Å². The third-order valence-corrected chi connectivity index (χ3v) is 6.16. The number of benzene rings is 2. The van der Waals surface area contributed by atoms with Crippen molar-refractivity contribution in [1.29, 1.82) is 0 Å². The summed E-state index contributed by atoms with van der Waals surface area (Å²) in [4.78, 5) is 12.4. The molecule has 27 heavy (non-hydrogen) atoms. The fourth-order valence-electron chi connectivity index (χ4n) is 4.82. The van der Waals surface area contributed by atoms with Crippen LogP contribution in [0.5, 0.6) is 11.5 Å². The van der Waals surface area contributed by atoms with Gasteiger partial charge in [0.15, 0.2) is 11.5 Å². The van der Waals surface area contributed by atoms with Gasteiger partial charge >= 0.3 is 0 Å². The smallest absolute Gasteiger partial charge is 0.256 e. The van der Waals surface area contributed by atoms with E-state index in [4.69, 9.17) is 9.47 Å². The van der Waals surface area contributed by atoms with Gasteiger partial charge in [0.1, 0.15) is 6.10 Å². The summed E-state index contributed by atoms with van der Waals surface area (Å²) in [7, 11) is 1.67. The van der Waals surface area contributed by atoms with Gasteiger partial charge in [-0.15, -0.1) is 0 Å². The van der Waals surface area contributed by atoms with Crippen LogP contribution in [0.2, 0.25) is 0 Å². The number of fused-ring (bicyclic) bond motifs is 3. The number of amides is 1. The van der Waals surface area contributed by atoms with E-state index in [1.165, 1.54) is 19.3 Å². The molecular formula is C23H23NO3. The Bertz CT molecular complexity index is 933. The quantitative estimate of drug-likeness (QED) is 0.799. The second kappa shape index (κ2) is 6.45. The fraction of sp³-hybridized carbons (Fsp3) is 0.348. The van der Waals surface area contributed by atoms with Crippen molar-refractivity contribution in [3.8, 4) is 11.5 Å². The van der Waals surface area contributed by atoms with Gasteiger partial charge in [0.25, 0.3) is 5.91 Å². The molecular weight excluding hydrogens is 338 g/mol. The lowest BCUT2D eigenvalue weighted by Crippen LogP contribution is -2.23. The number of para-hydroxylation sites is 1. The van der Waals surface area contributed by atoms with E-state index in [-0.39, 0.29) is 12.0 Å². The molecule has 2 aliphatic carbocycles. The summed E-state index contributed by atoms with van der Waals surface area (Å²) < 4.78 is 11.9. The maximum atomic E-state index is 12.4. The predicted octanol–water partition coefficient (Wildman–Crippen LogP) is 4.76. The normalized spacial score (nSPS) is 26.9. The number of nitrogens with one attached hydrogen (secondary N) is 1. The Hall–Kier alpha value is -2.75. The molecule has 2 fully saturated rings. The van der Waals surface area contributed by atoms with Crippen molar-refractivity contribution in [1.82, 2.24) is 0 Å². The lowest BCUT2D eigenvalue weighted by Gasteiger charge is -2.24. The molecule has 4 heteroatoms. The van der Waals surface area contributed by atoms with Crippen LogP contribution in [-0.4, -0.2) is 19.1 Å². The van der Waals surface area contributed by atoms with Gasteiger partial charge in [-0.3, -0.25) is 4.79 Å². The first-order valence-electron chi connectivity index (χ1n) is 9.68. The standard InChI is InChI=1S/C23H23NO3/c1-26-20-9-7-15(11-18-17-4-2-3-5-19(17)24-23(18)25)13-22(20)27-21-12-14-6-8-16(21)10-14/h2-5,7,9,11,13-14,16,21H,6,8,10,12H2,1H3,(H,24,25)/b18-11+/t14-,16+,21?/m0/s1. The van der Waals surface area contributed by atoms with Crippen LogP contribution in [0.25, 0.3) is 11.6 Å². The number of hydrogen-bond donors (Lipinski definition) is 1. The molecule has 2 aromatic carbocycles. The van der Waals surface area contributed by atoms with Gasteiger partial charge in [-0.2, -0.15) is 0 Å². The maximum absolute atomic E-state index is 12.4. The molecule has 0 saturated heterocycles. The van der Waals surface area contributed by atoms with Crippen molar-refractivity contribution in [2.45, 2.75) is 31.8 Å². The number of rotatable bonds is 4. The predicted molar refractivity (Wildman–Crippen MR) is 106 cm³/mol. The zero-order chi connectivity index (χ0) is 18.4. The average Bonchev–Trinajstić information content (AvgIpc) is 3.37. The van der Waals surface area contributed by atoms with Crippen LogP contribution in [-0.2, 0) is 4.79 Å². The summed E-state index contributed by atoms with van der Waals surface area (Å²) in [6, 6.07) is 13.6. The fourth-order valence-corrected chi connectivity index (χ4v) is 4.82. The number of anilines is 1. The summed E-state index contributed by atoms with van der Waals surface area (Å²) in [6.07, 6.45) is 7.29. The van der Waals surface area contributed by atoms with Crippen molar-refractivity contribution in [3.63, 3.8) is 0 Å². The van der Waals surface area contributed by atoms with Crippen molar-refractivity contribution >= 4 is 23.2 Å². The van der Waals surface area contributed by atoms with Crippen molar-refractivity contribution in [2.75, 3.05) is 12.4 Å². The highest BCUT2D eigenvalue weighted by Gasteiger charge is 2.41. The number of methoxy groups -OCH3 is 1. The minimum Gasteiger partial charge on any atom is -0.493 e. The Kier molecular flexibility index (Phi) is 3.92. The highest BCUT2D eigenvalue weighted by atomic mass is 16.5. The molecule has 0 aromatic heterocycles. The second-order valence-corrected chi connectivity index (χ2v) is 7.80. The Morgan fingerprint density at radius 3 is 2.74 bits per heavy atom. The lowest BCUT2D eigenvalue weighted by molar-refractivity contribution is -0.110. The van der Waals surface area contributed by atoms with Crippen molar-refractivity contribution < 1.29 is 14.3 Å². The minimum absolute atomic E-state index is 0.0670. The van der Waals surface area contributed by atoms with E-state index in [1.54, 1.807) is 7.11 Å². The summed E-state index contributed by atoms with van der Waals surface area (Å²) in [5.74, 6) is 2.96. The maximum Gasteiger partial charge on any atom is 0.256 e. The SMILES string of the molecule is COc1ccc(/C=C2/C(=O)Nc3ccccc32)cc1OC1C[C@H]2CC[C@@H]1C2. The molecule has 5 rings (SSSR count). The van der Waals surface area contributed by atoms with E-state index >= 15 is 0 Å². The van der Waals surface area contributed by atoms with Crippen LogP contribution < -0.4 is 14.8 Å². The Labute approximate surface area is 159 Å². The zero-order valence-corrected chi connectivity index (χ0v) is 15.4. The van der Waals surface area contributed by atoms with Gasteiger partial charge in [0.2, 0.25) is 0 Å². The van der Waals surface area contributed by atoms with E-state index in [2.05, 4.69) is 5.32 Å². The molecule has 1 unspecified atom stereocenters. The van der Waals surface area contributed by atoms with Gasteiger partial charge in [-0.05, 0) is 67.4 Å². The second-order valence-electron chi connectivity index (χ2n) is 7.80. The molecule has 1 aliphatic heterocycles. The van der Waals surface area contributed by atoms with E-state index in [0.29, 0.717) is 11.5 Å². The summed E-state index contributed by atoms with van der Waals surface area (Å²) >= 11 is 0. The molecule has 1 amide bonds. The van der Waals surface area contributed by atoms with Crippen LogP contribution in [0.15, 0.2) is 42.5 Å². The highest BCUT2D eigenvalue weighted by molar-refractivity contribution is 6.34. The van der Waals surface area contributed by atoms with Crippen LogP contribution in [0, 0.1) is 11.8 Å². The van der Waals surface area contributed by atoms with Crippen LogP contribution in [0.4, 0.5) is 5.69 Å². The Morgan fingerprint density at radius 2 is 1.96 bits per heavy atom. The molecule has 2 aromatic rings. The average molecular weight is 361 g/mol. The first-order valence-corrected chi connectivity index (χ1v) is 9.68. The van der Waals surface area contributed by atoms with Gasteiger partial charge in [0.05, 0.1) is 7.11 Å². The monoisotopic (exact) mass is 361 g/mol. The van der Waals surface area contributed by atoms with E-state index < -0.39 is 0 Å². The number of ether oxygens (including phenoxy) is 2. The summed E-state index contributed by atoms with van der Waals surface area (Å²) in [5.41, 5.74) is 3.42. The van der Waals surface area contributed by atoms with E-state index in [9.17, 15) is 4.79 Å². The van der Waals surface area contributed by atoms with Crippen LogP contribution in [0.3, 0.4) is 0 Å². The highest BCUT2D eigenvalue weighted by Crippen LogP contribution is 2.47. The zero-order valence-electron chi connectivity index (χ0n) is 15.4. The molecule has 2 saturated carbocycles. The molecule has 138 valence electrons. The minimum atomic E-state index is -0.0670. The van der Waals surface area contributed by atoms with Crippen LogP contribution >= 0.6 is 0 Å². The van der Waals surface area contributed by atoms with Crippen molar-refractivity contribution in [2.24, 2.45) is 11.8 Å². The summed E-state index contributed by atoms with van der Waals surface area (Å²) in [5, 5.41) is 2.92. The summed E-state index contributed by atoms with van der Waals surface area (Å²) in [6.45, 7) is 0. The van der Waals surface area contributed by atoms with Crippen LogP contribution in [0.1, 0.15) is 36.8 Å². The Balaban J connectivity index is 1.46. The van der Waals surface area contributed by atoms with Gasteiger partial charge in [-0.25, -0.2) is 0 Å².